The summed E-state index contributed by atoms with van der Waals surface area (Å²) in [6.45, 7) is 14.2. The van der Waals surface area contributed by atoms with Crippen LogP contribution in [0.15, 0.2) is 12.2 Å². The Labute approximate surface area is 103 Å². The number of hydrogen-bond acceptors (Lipinski definition) is 2. The summed E-state index contributed by atoms with van der Waals surface area (Å²) in [5.74, 6) is -2.51. The van der Waals surface area contributed by atoms with Gasteiger partial charge in [-0.3, -0.25) is 0 Å². The average Bonchev–Trinajstić information content (AvgIpc) is 2.31. The highest BCUT2D eigenvalue weighted by atomic mass is 16.4. The Morgan fingerprint density at radius 2 is 1.06 bits per heavy atom. The number of carbonyl (C=O) groups is 2. The summed E-state index contributed by atoms with van der Waals surface area (Å²) in [5, 5.41) is 15.6. The van der Waals surface area contributed by atoms with Gasteiger partial charge in [-0.05, 0) is 27.7 Å². The molecule has 17 heavy (non-hydrogen) atoms. The average molecular weight is 246 g/mol. The maximum absolute atomic E-state index is 9.55. The van der Waals surface area contributed by atoms with E-state index in [2.05, 4.69) is 27.7 Å². The molecule has 0 aliphatic rings. The van der Waals surface area contributed by atoms with Crippen LogP contribution in [0.1, 0.15) is 27.7 Å². The van der Waals surface area contributed by atoms with Gasteiger partial charge in [0.1, 0.15) is 0 Å². The normalized spacial score (nSPS) is 10.8. The lowest BCUT2D eigenvalue weighted by Gasteiger charge is -2.34. The second-order valence-electron chi connectivity index (χ2n) is 3.62. The molecule has 0 bridgehead atoms. The highest BCUT2D eigenvalue weighted by molar-refractivity contribution is 5.89. The third-order valence-electron chi connectivity index (χ3n) is 3.05. The summed E-state index contributed by atoms with van der Waals surface area (Å²) in [6.07, 6.45) is 1.12. The van der Waals surface area contributed by atoms with Crippen molar-refractivity contribution in [3.63, 3.8) is 0 Å². The van der Waals surface area contributed by atoms with Crippen molar-refractivity contribution < 1.29 is 24.3 Å². The predicted octanol–water partition coefficient (Wildman–Crippen LogP) is 1.59. The molecule has 100 valence electrons. The molecule has 0 aromatic rings. The number of nitrogens with zero attached hydrogens (tertiary/aromatic N) is 1. The van der Waals surface area contributed by atoms with Gasteiger partial charge in [-0.15, -0.1) is 0 Å². The van der Waals surface area contributed by atoms with Crippen LogP contribution in [0.25, 0.3) is 0 Å². The first kappa shape index (κ1) is 18.0. The van der Waals surface area contributed by atoms with Crippen molar-refractivity contribution in [2.75, 3.05) is 26.2 Å². The van der Waals surface area contributed by atoms with Gasteiger partial charge >= 0.3 is 11.9 Å². The van der Waals surface area contributed by atoms with Gasteiger partial charge in [-0.2, -0.15) is 0 Å². The smallest absolute Gasteiger partial charge is 0.328 e. The molecule has 0 spiro atoms. The Kier molecular flexibility index (Phi) is 10.4. The molecule has 5 heteroatoms. The monoisotopic (exact) mass is 246 g/mol. The Morgan fingerprint density at radius 3 is 1.12 bits per heavy atom. The van der Waals surface area contributed by atoms with Crippen LogP contribution < -0.4 is 0 Å². The molecular formula is C12H24NO4+. The summed E-state index contributed by atoms with van der Waals surface area (Å²) in [5.41, 5.74) is 0. The van der Waals surface area contributed by atoms with E-state index in [1.54, 1.807) is 0 Å². The van der Waals surface area contributed by atoms with E-state index in [-0.39, 0.29) is 0 Å². The van der Waals surface area contributed by atoms with Crippen molar-refractivity contribution in [1.82, 2.24) is 0 Å². The van der Waals surface area contributed by atoms with Gasteiger partial charge in [0.25, 0.3) is 0 Å². The Morgan fingerprint density at radius 1 is 0.824 bits per heavy atom. The highest BCUT2D eigenvalue weighted by Gasteiger charge is 2.16. The molecule has 0 saturated heterocycles. The lowest BCUT2D eigenvalue weighted by Crippen LogP contribution is -2.47. The second-order valence-corrected chi connectivity index (χ2v) is 3.62. The molecule has 2 N–H and O–H groups in total. The molecule has 0 atom stereocenters. The summed E-state index contributed by atoms with van der Waals surface area (Å²) >= 11 is 0. The SMILES string of the molecule is CC[N+](CC)(CC)CC.O=C(O)/C=C/C(=O)O. The van der Waals surface area contributed by atoms with E-state index in [4.69, 9.17) is 10.2 Å². The van der Waals surface area contributed by atoms with Gasteiger partial charge in [0.2, 0.25) is 0 Å². The fourth-order valence-electron chi connectivity index (χ4n) is 1.48. The number of carboxylic acids is 2. The first-order chi connectivity index (χ1) is 7.87. The second kappa shape index (κ2) is 9.84. The standard InChI is InChI=1S/C8H20N.C4H4O4/c1-5-9(6-2,7-3)8-4;5-3(6)1-2-4(7)8/h5-8H2,1-4H3;1-2H,(H,5,6)(H,7,8)/q+1;/b;2-1+. The maximum Gasteiger partial charge on any atom is 0.328 e. The van der Waals surface area contributed by atoms with Crippen molar-refractivity contribution in [3.8, 4) is 0 Å². The number of aliphatic carboxylic acids is 2. The molecule has 0 aliphatic heterocycles. The van der Waals surface area contributed by atoms with Gasteiger partial charge in [0, 0.05) is 12.2 Å². The minimum Gasteiger partial charge on any atom is -0.478 e. The maximum atomic E-state index is 9.55. The van der Waals surface area contributed by atoms with Crippen LogP contribution in [0.2, 0.25) is 0 Å². The van der Waals surface area contributed by atoms with Gasteiger partial charge in [0.05, 0.1) is 26.2 Å². The first-order valence-corrected chi connectivity index (χ1v) is 5.86. The zero-order chi connectivity index (χ0) is 13.9. The van der Waals surface area contributed by atoms with Crippen molar-refractivity contribution in [2.24, 2.45) is 0 Å². The molecule has 0 rings (SSSR count). The first-order valence-electron chi connectivity index (χ1n) is 5.86. The fourth-order valence-corrected chi connectivity index (χ4v) is 1.48. The van der Waals surface area contributed by atoms with Crippen LogP contribution in [0.4, 0.5) is 0 Å². The molecule has 0 aromatic carbocycles. The molecular weight excluding hydrogens is 222 g/mol. The lowest BCUT2D eigenvalue weighted by molar-refractivity contribution is -0.921. The van der Waals surface area contributed by atoms with E-state index in [0.29, 0.717) is 12.2 Å². The Bertz CT molecular complexity index is 224. The third kappa shape index (κ3) is 9.56. The molecule has 0 amide bonds. The van der Waals surface area contributed by atoms with Gasteiger partial charge in [0.15, 0.2) is 0 Å². The van der Waals surface area contributed by atoms with Crippen molar-refractivity contribution in [3.05, 3.63) is 12.2 Å². The summed E-state index contributed by atoms with van der Waals surface area (Å²) < 4.78 is 1.28. The van der Waals surface area contributed by atoms with Crippen LogP contribution in [0.5, 0.6) is 0 Å². The van der Waals surface area contributed by atoms with Crippen molar-refractivity contribution in [1.29, 1.82) is 0 Å². The van der Waals surface area contributed by atoms with Crippen molar-refractivity contribution in [2.45, 2.75) is 27.7 Å². The minimum atomic E-state index is -1.26. The highest BCUT2D eigenvalue weighted by Crippen LogP contribution is 2.03. The molecule has 0 fully saturated rings. The molecule has 0 aliphatic carbocycles. The van der Waals surface area contributed by atoms with Crippen LogP contribution in [0.3, 0.4) is 0 Å². The van der Waals surface area contributed by atoms with E-state index in [1.165, 1.54) is 30.7 Å². The third-order valence-corrected chi connectivity index (χ3v) is 3.05. The van der Waals surface area contributed by atoms with Crippen LogP contribution in [0, 0.1) is 0 Å². The molecule has 5 nitrogen and oxygen atoms in total. The van der Waals surface area contributed by atoms with E-state index in [1.807, 2.05) is 0 Å². The Hall–Kier alpha value is -1.36. The molecule has 0 saturated carbocycles. The van der Waals surface area contributed by atoms with Gasteiger partial charge < -0.3 is 14.7 Å². The van der Waals surface area contributed by atoms with Gasteiger partial charge in [-0.1, -0.05) is 0 Å². The molecule has 0 radical (unpaired) electrons. The lowest BCUT2D eigenvalue weighted by atomic mass is 10.3. The van der Waals surface area contributed by atoms with Crippen molar-refractivity contribution >= 4 is 11.9 Å². The van der Waals surface area contributed by atoms with Crippen LogP contribution >= 0.6 is 0 Å². The van der Waals surface area contributed by atoms with Gasteiger partial charge in [-0.25, -0.2) is 9.59 Å². The number of rotatable bonds is 6. The number of carboxylic acid groups (broad SMARTS) is 2. The van der Waals surface area contributed by atoms with E-state index >= 15 is 0 Å². The molecule has 0 unspecified atom stereocenters. The van der Waals surface area contributed by atoms with E-state index in [0.717, 1.165) is 0 Å². The Balaban J connectivity index is 0. The predicted molar refractivity (Wildman–Crippen MR) is 66.8 cm³/mol. The van der Waals surface area contributed by atoms with Crippen LogP contribution in [-0.4, -0.2) is 52.8 Å². The molecule has 0 aromatic heterocycles. The van der Waals surface area contributed by atoms with E-state index in [9.17, 15) is 9.59 Å². The fraction of sp³-hybridized carbons (Fsp3) is 0.667. The quantitative estimate of drug-likeness (QED) is 0.551. The zero-order valence-corrected chi connectivity index (χ0v) is 11.1. The van der Waals surface area contributed by atoms with Crippen LogP contribution in [-0.2, 0) is 9.59 Å². The number of hydrogen-bond donors (Lipinski definition) is 2. The topological polar surface area (TPSA) is 74.6 Å². The summed E-state index contributed by atoms with van der Waals surface area (Å²) in [4.78, 5) is 19.1. The minimum absolute atomic E-state index is 0.558. The summed E-state index contributed by atoms with van der Waals surface area (Å²) in [7, 11) is 0. The largest absolute Gasteiger partial charge is 0.478 e. The zero-order valence-electron chi connectivity index (χ0n) is 11.1. The number of quaternary nitrogens is 1. The molecule has 0 heterocycles. The summed E-state index contributed by atoms with van der Waals surface area (Å²) in [6, 6.07) is 0. The van der Waals surface area contributed by atoms with E-state index < -0.39 is 11.9 Å².